The van der Waals surface area contributed by atoms with E-state index in [1.807, 2.05) is 12.1 Å². The Morgan fingerprint density at radius 3 is 2.45 bits per heavy atom. The van der Waals surface area contributed by atoms with Gasteiger partial charge in [-0.25, -0.2) is 4.98 Å². The molecule has 1 aromatic heterocycles. The van der Waals surface area contributed by atoms with Gasteiger partial charge in [0.15, 0.2) is 0 Å². The number of hydrogen-bond donors (Lipinski definition) is 1. The highest BCUT2D eigenvalue weighted by molar-refractivity contribution is 6.32. The van der Waals surface area contributed by atoms with Gasteiger partial charge in [-0.05, 0) is 12.5 Å². The average molecular weight is 389 g/mol. The smallest absolute Gasteiger partial charge is 0.135 e. The maximum absolute atomic E-state index is 6.32. The second-order valence-corrected chi connectivity index (χ2v) is 6.06. The normalized spacial score (nSPS) is 16.5. The minimum atomic E-state index is 0. The SMILES string of the molecule is CCCCC[C@@H](c1ccc(Cl)nc1Cl)N1CCNCC1.Cl.Cl. The van der Waals surface area contributed by atoms with Crippen LogP contribution in [0.2, 0.25) is 10.3 Å². The van der Waals surface area contributed by atoms with Crippen molar-refractivity contribution in [2.45, 2.75) is 38.6 Å². The molecular formula is C15H25Cl4N3. The number of nitrogens with zero attached hydrogens (tertiary/aromatic N) is 2. The van der Waals surface area contributed by atoms with Crippen LogP contribution in [0.1, 0.15) is 44.2 Å². The van der Waals surface area contributed by atoms with Gasteiger partial charge in [0.05, 0.1) is 0 Å². The third-order valence-electron chi connectivity index (χ3n) is 3.88. The molecule has 0 spiro atoms. The van der Waals surface area contributed by atoms with Gasteiger partial charge in [-0.15, -0.1) is 24.8 Å². The molecule has 3 nitrogen and oxygen atoms in total. The Morgan fingerprint density at radius 1 is 1.18 bits per heavy atom. The van der Waals surface area contributed by atoms with E-state index in [0.29, 0.717) is 16.3 Å². The van der Waals surface area contributed by atoms with Crippen LogP contribution in [-0.4, -0.2) is 36.1 Å². The first-order valence-electron chi connectivity index (χ1n) is 7.49. The minimum absolute atomic E-state index is 0. The Morgan fingerprint density at radius 2 is 1.86 bits per heavy atom. The molecule has 0 aromatic carbocycles. The zero-order valence-electron chi connectivity index (χ0n) is 12.9. The lowest BCUT2D eigenvalue weighted by Gasteiger charge is -2.35. The van der Waals surface area contributed by atoms with Gasteiger partial charge in [-0.3, -0.25) is 4.90 Å². The molecule has 0 bridgehead atoms. The standard InChI is InChI=1S/C15H23Cl2N3.2ClH/c1-2-3-4-5-13(20-10-8-18-9-11-20)12-6-7-14(16)19-15(12)17;;/h6-7,13,18H,2-5,8-11H2,1H3;2*1H/t13-;;/m0../s1. The number of rotatable bonds is 6. The first-order chi connectivity index (χ1) is 9.72. The molecule has 0 unspecified atom stereocenters. The lowest BCUT2D eigenvalue weighted by molar-refractivity contribution is 0.162. The van der Waals surface area contributed by atoms with Crippen molar-refractivity contribution < 1.29 is 0 Å². The summed E-state index contributed by atoms with van der Waals surface area (Å²) in [7, 11) is 0. The van der Waals surface area contributed by atoms with Crippen molar-refractivity contribution in [3.05, 3.63) is 28.0 Å². The number of piperazine rings is 1. The predicted molar refractivity (Wildman–Crippen MR) is 100 cm³/mol. The highest BCUT2D eigenvalue weighted by Gasteiger charge is 2.24. The van der Waals surface area contributed by atoms with Crippen LogP contribution in [0.15, 0.2) is 12.1 Å². The van der Waals surface area contributed by atoms with Gasteiger partial charge in [0.1, 0.15) is 10.3 Å². The summed E-state index contributed by atoms with van der Waals surface area (Å²) in [6.07, 6.45) is 4.86. The second-order valence-electron chi connectivity index (χ2n) is 5.31. The number of nitrogens with one attached hydrogen (secondary N) is 1. The molecule has 2 rings (SSSR count). The van der Waals surface area contributed by atoms with E-state index in [-0.39, 0.29) is 24.8 Å². The van der Waals surface area contributed by atoms with E-state index in [9.17, 15) is 0 Å². The summed E-state index contributed by atoms with van der Waals surface area (Å²) in [5, 5.41) is 4.42. The minimum Gasteiger partial charge on any atom is -0.314 e. The van der Waals surface area contributed by atoms with Gasteiger partial charge in [-0.1, -0.05) is 55.5 Å². The highest BCUT2D eigenvalue weighted by atomic mass is 35.5. The lowest BCUT2D eigenvalue weighted by atomic mass is 9.99. The van der Waals surface area contributed by atoms with Crippen LogP contribution in [-0.2, 0) is 0 Å². The summed E-state index contributed by atoms with van der Waals surface area (Å²) < 4.78 is 0. The van der Waals surface area contributed by atoms with E-state index in [2.05, 4.69) is 22.1 Å². The molecule has 22 heavy (non-hydrogen) atoms. The van der Waals surface area contributed by atoms with Crippen molar-refractivity contribution in [2.75, 3.05) is 26.2 Å². The van der Waals surface area contributed by atoms with Crippen LogP contribution < -0.4 is 5.32 Å². The molecule has 0 aliphatic carbocycles. The van der Waals surface area contributed by atoms with Gasteiger partial charge in [0.2, 0.25) is 0 Å². The third kappa shape index (κ3) is 6.38. The molecule has 1 fully saturated rings. The summed E-state index contributed by atoms with van der Waals surface area (Å²) in [6.45, 7) is 6.45. The summed E-state index contributed by atoms with van der Waals surface area (Å²) in [5.74, 6) is 0. The van der Waals surface area contributed by atoms with Crippen LogP contribution in [0, 0.1) is 0 Å². The quantitative estimate of drug-likeness (QED) is 0.562. The molecule has 1 aliphatic rings. The van der Waals surface area contributed by atoms with Crippen molar-refractivity contribution >= 4 is 48.0 Å². The molecular weight excluding hydrogens is 364 g/mol. The third-order valence-corrected chi connectivity index (χ3v) is 4.39. The molecule has 1 saturated heterocycles. The van der Waals surface area contributed by atoms with Gasteiger partial charge in [0, 0.05) is 37.8 Å². The molecule has 2 heterocycles. The first kappa shape index (κ1) is 22.2. The Balaban J connectivity index is 0.00000220. The Kier molecular flexibility index (Phi) is 11.8. The van der Waals surface area contributed by atoms with Crippen LogP contribution >= 0.6 is 48.0 Å². The van der Waals surface area contributed by atoms with E-state index < -0.39 is 0 Å². The average Bonchev–Trinajstić information content (AvgIpc) is 2.46. The number of unbranched alkanes of at least 4 members (excludes halogenated alkanes) is 2. The van der Waals surface area contributed by atoms with E-state index in [1.165, 1.54) is 19.3 Å². The molecule has 128 valence electrons. The van der Waals surface area contributed by atoms with Crippen molar-refractivity contribution in [3.63, 3.8) is 0 Å². The molecule has 7 heteroatoms. The predicted octanol–water partition coefficient (Wildman–Crippen LogP) is 4.76. The summed E-state index contributed by atoms with van der Waals surface area (Å²) in [4.78, 5) is 6.72. The van der Waals surface area contributed by atoms with Gasteiger partial charge >= 0.3 is 0 Å². The van der Waals surface area contributed by atoms with Gasteiger partial charge < -0.3 is 5.32 Å². The maximum atomic E-state index is 6.32. The number of pyridine rings is 1. The van der Waals surface area contributed by atoms with Crippen LogP contribution in [0.25, 0.3) is 0 Å². The van der Waals surface area contributed by atoms with E-state index in [0.717, 1.165) is 38.2 Å². The zero-order chi connectivity index (χ0) is 14.4. The molecule has 1 aromatic rings. The molecule has 0 saturated carbocycles. The maximum Gasteiger partial charge on any atom is 0.135 e. The number of hydrogen-bond acceptors (Lipinski definition) is 3. The van der Waals surface area contributed by atoms with Crippen molar-refractivity contribution in [2.24, 2.45) is 0 Å². The highest BCUT2D eigenvalue weighted by Crippen LogP contribution is 2.32. The Bertz CT molecular complexity index is 425. The fraction of sp³-hybridized carbons (Fsp3) is 0.667. The summed E-state index contributed by atoms with van der Waals surface area (Å²) in [5.41, 5.74) is 1.12. The Hall–Kier alpha value is 0.230. The first-order valence-corrected chi connectivity index (χ1v) is 8.24. The molecule has 0 amide bonds. The van der Waals surface area contributed by atoms with Crippen molar-refractivity contribution in [1.29, 1.82) is 0 Å². The van der Waals surface area contributed by atoms with Gasteiger partial charge in [-0.2, -0.15) is 0 Å². The van der Waals surface area contributed by atoms with Crippen LogP contribution in [0.4, 0.5) is 0 Å². The van der Waals surface area contributed by atoms with E-state index in [1.54, 1.807) is 0 Å². The molecule has 1 atom stereocenters. The lowest BCUT2D eigenvalue weighted by Crippen LogP contribution is -2.45. The molecule has 1 N–H and O–H groups in total. The summed E-state index contributed by atoms with van der Waals surface area (Å²) in [6, 6.07) is 4.24. The molecule has 1 aliphatic heterocycles. The van der Waals surface area contributed by atoms with Crippen LogP contribution in [0.3, 0.4) is 0 Å². The van der Waals surface area contributed by atoms with E-state index >= 15 is 0 Å². The van der Waals surface area contributed by atoms with Crippen molar-refractivity contribution in [3.8, 4) is 0 Å². The zero-order valence-corrected chi connectivity index (χ0v) is 16.0. The van der Waals surface area contributed by atoms with Crippen LogP contribution in [0.5, 0.6) is 0 Å². The number of aromatic nitrogens is 1. The monoisotopic (exact) mass is 387 g/mol. The van der Waals surface area contributed by atoms with Gasteiger partial charge in [0.25, 0.3) is 0 Å². The summed E-state index contributed by atoms with van der Waals surface area (Å²) >= 11 is 12.2. The van der Waals surface area contributed by atoms with Crippen molar-refractivity contribution in [1.82, 2.24) is 15.2 Å². The molecule has 0 radical (unpaired) electrons. The Labute approximate surface area is 156 Å². The topological polar surface area (TPSA) is 28.2 Å². The largest absolute Gasteiger partial charge is 0.314 e. The fourth-order valence-electron chi connectivity index (χ4n) is 2.79. The number of halogens is 4. The van der Waals surface area contributed by atoms with E-state index in [4.69, 9.17) is 23.2 Å². The fourth-order valence-corrected chi connectivity index (χ4v) is 3.26. The second kappa shape index (κ2) is 11.7.